The van der Waals surface area contributed by atoms with Gasteiger partial charge in [-0.3, -0.25) is 0 Å². The highest BCUT2D eigenvalue weighted by molar-refractivity contribution is 9.09. The average molecular weight is 401 g/mol. The standard InChI is InChI=1S/C14H9F6NS3/c15-13(16,17)10-3-1-2-9(6-10)8-22-24-23-12-5-4-11(7-21-12)14(18,19)20/h1-7H,8H2. The van der Waals surface area contributed by atoms with Gasteiger partial charge in [0.25, 0.3) is 0 Å². The van der Waals surface area contributed by atoms with Gasteiger partial charge in [-0.25, -0.2) is 4.98 Å². The normalized spacial score (nSPS) is 12.4. The predicted molar refractivity (Wildman–Crippen MR) is 85.4 cm³/mol. The summed E-state index contributed by atoms with van der Waals surface area (Å²) in [7, 11) is 3.66. The van der Waals surface area contributed by atoms with Crippen LogP contribution in [-0.2, 0) is 18.1 Å². The van der Waals surface area contributed by atoms with Crippen LogP contribution in [0.5, 0.6) is 0 Å². The Kier molecular flexibility index (Phi) is 6.38. The monoisotopic (exact) mass is 401 g/mol. The molecular weight excluding hydrogens is 392 g/mol. The van der Waals surface area contributed by atoms with Crippen molar-refractivity contribution in [3.8, 4) is 0 Å². The largest absolute Gasteiger partial charge is 0.417 e. The summed E-state index contributed by atoms with van der Waals surface area (Å²) in [4.78, 5) is 3.70. The number of nitrogens with zero attached hydrogens (tertiary/aromatic N) is 1. The number of rotatable bonds is 5. The molecule has 130 valence electrons. The summed E-state index contributed by atoms with van der Waals surface area (Å²) in [6, 6.07) is 7.20. The van der Waals surface area contributed by atoms with Gasteiger partial charge < -0.3 is 0 Å². The lowest BCUT2D eigenvalue weighted by molar-refractivity contribution is -0.138. The Morgan fingerprint density at radius 2 is 1.58 bits per heavy atom. The lowest BCUT2D eigenvalue weighted by Gasteiger charge is -2.08. The van der Waals surface area contributed by atoms with Crippen molar-refractivity contribution in [2.24, 2.45) is 0 Å². The highest BCUT2D eigenvalue weighted by Crippen LogP contribution is 2.42. The first-order valence-electron chi connectivity index (χ1n) is 6.32. The van der Waals surface area contributed by atoms with Gasteiger partial charge in [0.15, 0.2) is 0 Å². The molecule has 0 amide bonds. The van der Waals surface area contributed by atoms with E-state index in [1.807, 2.05) is 0 Å². The molecule has 0 N–H and O–H groups in total. The summed E-state index contributed by atoms with van der Waals surface area (Å²) in [5.41, 5.74) is -1.01. The van der Waals surface area contributed by atoms with Crippen molar-refractivity contribution in [2.75, 3.05) is 0 Å². The van der Waals surface area contributed by atoms with Crippen LogP contribution in [0.15, 0.2) is 47.6 Å². The summed E-state index contributed by atoms with van der Waals surface area (Å²) in [5.74, 6) is 0.336. The van der Waals surface area contributed by atoms with Crippen LogP contribution in [0.1, 0.15) is 16.7 Å². The fourth-order valence-electron chi connectivity index (χ4n) is 1.59. The van der Waals surface area contributed by atoms with Crippen LogP contribution < -0.4 is 0 Å². The minimum atomic E-state index is -4.43. The van der Waals surface area contributed by atoms with Crippen molar-refractivity contribution < 1.29 is 26.3 Å². The molecule has 0 bridgehead atoms. The summed E-state index contributed by atoms with van der Waals surface area (Å²) >= 11 is 0. The molecule has 0 saturated carbocycles. The van der Waals surface area contributed by atoms with E-state index < -0.39 is 23.5 Å². The van der Waals surface area contributed by atoms with Crippen molar-refractivity contribution >= 4 is 31.4 Å². The summed E-state index contributed by atoms with van der Waals surface area (Å²) in [6.45, 7) is 0. The second kappa shape index (κ2) is 7.92. The molecule has 0 aliphatic heterocycles. The number of pyridine rings is 1. The van der Waals surface area contributed by atoms with Crippen LogP contribution in [0.2, 0.25) is 0 Å². The molecule has 0 aliphatic carbocycles. The van der Waals surface area contributed by atoms with Gasteiger partial charge in [0.1, 0.15) is 5.03 Å². The number of hydrogen-bond donors (Lipinski definition) is 0. The van der Waals surface area contributed by atoms with Crippen LogP contribution in [-0.4, -0.2) is 4.98 Å². The van der Waals surface area contributed by atoms with E-state index in [2.05, 4.69) is 4.98 Å². The zero-order chi connectivity index (χ0) is 17.8. The van der Waals surface area contributed by atoms with Crippen LogP contribution in [0.4, 0.5) is 26.3 Å². The van der Waals surface area contributed by atoms with Crippen LogP contribution in [0.25, 0.3) is 0 Å². The number of alkyl halides is 6. The third kappa shape index (κ3) is 5.82. The van der Waals surface area contributed by atoms with E-state index in [4.69, 9.17) is 0 Å². The van der Waals surface area contributed by atoms with Gasteiger partial charge >= 0.3 is 12.4 Å². The fraction of sp³-hybridized carbons (Fsp3) is 0.214. The lowest BCUT2D eigenvalue weighted by atomic mass is 10.1. The minimum Gasteiger partial charge on any atom is -0.248 e. The fourth-order valence-corrected chi connectivity index (χ4v) is 4.98. The Balaban J connectivity index is 1.83. The first-order valence-corrected chi connectivity index (χ1v) is 9.97. The third-order valence-electron chi connectivity index (χ3n) is 2.71. The molecule has 2 rings (SSSR count). The van der Waals surface area contributed by atoms with E-state index in [1.54, 1.807) is 6.07 Å². The van der Waals surface area contributed by atoms with Crippen molar-refractivity contribution in [1.82, 2.24) is 4.98 Å². The Morgan fingerprint density at radius 3 is 2.17 bits per heavy atom. The van der Waals surface area contributed by atoms with Gasteiger partial charge in [-0.05, 0) is 44.4 Å². The molecule has 24 heavy (non-hydrogen) atoms. The summed E-state index contributed by atoms with van der Waals surface area (Å²) in [6.07, 6.45) is -8.06. The van der Waals surface area contributed by atoms with Gasteiger partial charge in [0.2, 0.25) is 0 Å². The van der Waals surface area contributed by atoms with E-state index in [1.165, 1.54) is 32.8 Å². The Bertz CT molecular complexity index is 669. The quantitative estimate of drug-likeness (QED) is 0.314. The Labute approximate surface area is 145 Å². The molecule has 0 radical (unpaired) electrons. The number of halogens is 6. The van der Waals surface area contributed by atoms with E-state index in [-0.39, 0.29) is 0 Å². The molecule has 0 saturated heterocycles. The molecular formula is C14H9F6NS3. The highest BCUT2D eigenvalue weighted by atomic mass is 33.5. The molecule has 1 nitrogen and oxygen atoms in total. The molecule has 1 aromatic heterocycles. The first-order chi connectivity index (χ1) is 11.2. The SMILES string of the molecule is FC(F)(F)c1ccc(SSSCc2cccc(C(F)(F)F)c2)nc1. The smallest absolute Gasteiger partial charge is 0.248 e. The molecule has 1 heterocycles. The predicted octanol–water partition coefficient (Wildman–Crippen LogP) is 6.71. The van der Waals surface area contributed by atoms with Gasteiger partial charge in [-0.2, -0.15) is 26.3 Å². The zero-order valence-electron chi connectivity index (χ0n) is 11.7. The van der Waals surface area contributed by atoms with Crippen molar-refractivity contribution in [1.29, 1.82) is 0 Å². The molecule has 1 aromatic carbocycles. The molecule has 0 unspecified atom stereocenters. The lowest BCUT2D eigenvalue weighted by Crippen LogP contribution is -2.04. The van der Waals surface area contributed by atoms with E-state index in [0.717, 1.165) is 35.2 Å². The van der Waals surface area contributed by atoms with E-state index in [0.29, 0.717) is 16.3 Å². The summed E-state index contributed by atoms with van der Waals surface area (Å²) < 4.78 is 75.0. The second-order valence-corrected chi connectivity index (χ2v) is 8.58. The van der Waals surface area contributed by atoms with E-state index >= 15 is 0 Å². The summed E-state index contributed by atoms with van der Waals surface area (Å²) in [5, 5.41) is 0.393. The number of benzene rings is 1. The molecule has 0 aliphatic rings. The minimum absolute atomic E-state index is 0.336. The first kappa shape index (κ1) is 19.3. The maximum Gasteiger partial charge on any atom is 0.417 e. The molecule has 0 spiro atoms. The molecule has 10 heteroatoms. The Morgan fingerprint density at radius 1 is 0.875 bits per heavy atom. The van der Waals surface area contributed by atoms with Crippen LogP contribution in [0.3, 0.4) is 0 Å². The Hall–Kier alpha value is -1.00. The number of aromatic nitrogens is 1. The van der Waals surface area contributed by atoms with Gasteiger partial charge in [0.05, 0.1) is 11.1 Å². The molecule has 0 atom stereocenters. The highest BCUT2D eigenvalue weighted by Gasteiger charge is 2.31. The average Bonchev–Trinajstić information content (AvgIpc) is 2.51. The maximum absolute atomic E-state index is 12.6. The van der Waals surface area contributed by atoms with Gasteiger partial charge in [-0.15, -0.1) is 0 Å². The van der Waals surface area contributed by atoms with Crippen molar-refractivity contribution in [3.05, 3.63) is 59.3 Å². The zero-order valence-corrected chi connectivity index (χ0v) is 14.1. The molecule has 2 aromatic rings. The van der Waals surface area contributed by atoms with Crippen LogP contribution >= 0.6 is 31.4 Å². The molecule has 0 fully saturated rings. The third-order valence-corrected chi connectivity index (χ3v) is 6.58. The number of hydrogen-bond acceptors (Lipinski definition) is 4. The van der Waals surface area contributed by atoms with E-state index in [9.17, 15) is 26.3 Å². The van der Waals surface area contributed by atoms with Gasteiger partial charge in [-0.1, -0.05) is 29.0 Å². The maximum atomic E-state index is 12.6. The van der Waals surface area contributed by atoms with Crippen LogP contribution in [0, 0.1) is 0 Å². The van der Waals surface area contributed by atoms with Crippen molar-refractivity contribution in [2.45, 2.75) is 23.1 Å². The van der Waals surface area contributed by atoms with Crippen molar-refractivity contribution in [3.63, 3.8) is 0 Å². The topological polar surface area (TPSA) is 12.9 Å². The second-order valence-electron chi connectivity index (χ2n) is 4.49. The van der Waals surface area contributed by atoms with Gasteiger partial charge in [0, 0.05) is 11.9 Å².